The second-order valence-electron chi connectivity index (χ2n) is 3.21. The Kier molecular flexibility index (Phi) is 2.75. The molecule has 1 saturated heterocycles. The summed E-state index contributed by atoms with van der Waals surface area (Å²) in [6, 6.07) is 0.614. The zero-order valence-electron chi connectivity index (χ0n) is 7.30. The van der Waals surface area contributed by atoms with Crippen molar-refractivity contribution in [2.75, 3.05) is 11.5 Å². The van der Waals surface area contributed by atoms with Crippen molar-refractivity contribution >= 4 is 11.8 Å². The monoisotopic (exact) mass is 199 g/mol. The van der Waals surface area contributed by atoms with E-state index in [-0.39, 0.29) is 5.69 Å². The van der Waals surface area contributed by atoms with Crippen LogP contribution in [-0.4, -0.2) is 27.5 Å². The largest absolute Gasteiger partial charge is 0.323 e. The highest BCUT2D eigenvalue weighted by molar-refractivity contribution is 7.99. The first-order valence-corrected chi connectivity index (χ1v) is 5.58. The lowest BCUT2D eigenvalue weighted by Crippen LogP contribution is -2.28. The highest BCUT2D eigenvalue weighted by Gasteiger charge is 2.14. The first-order chi connectivity index (χ1) is 6.34. The fourth-order valence-electron chi connectivity index (χ4n) is 1.42. The molecular formula is C8H13N3OS. The van der Waals surface area contributed by atoms with E-state index in [1.807, 2.05) is 11.8 Å². The molecule has 72 valence electrons. The molecule has 3 N–H and O–H groups in total. The summed E-state index contributed by atoms with van der Waals surface area (Å²) in [7, 11) is 0. The summed E-state index contributed by atoms with van der Waals surface area (Å²) in [6.45, 7) is 0.754. The van der Waals surface area contributed by atoms with Crippen molar-refractivity contribution in [1.29, 1.82) is 0 Å². The Morgan fingerprint density at radius 2 is 2.62 bits per heavy atom. The third-order valence-electron chi connectivity index (χ3n) is 2.16. The van der Waals surface area contributed by atoms with Gasteiger partial charge >= 0.3 is 5.69 Å². The average molecular weight is 199 g/mol. The van der Waals surface area contributed by atoms with E-state index in [2.05, 4.69) is 15.3 Å². The van der Waals surface area contributed by atoms with Crippen LogP contribution in [-0.2, 0) is 6.54 Å². The van der Waals surface area contributed by atoms with E-state index >= 15 is 0 Å². The third kappa shape index (κ3) is 2.38. The summed E-state index contributed by atoms with van der Waals surface area (Å²) in [5, 5.41) is 3.40. The summed E-state index contributed by atoms with van der Waals surface area (Å²) >= 11 is 1.98. The number of aromatic nitrogens is 2. The summed E-state index contributed by atoms with van der Waals surface area (Å²) in [5.41, 5.74) is 0.805. The number of rotatable bonds is 3. The van der Waals surface area contributed by atoms with Gasteiger partial charge in [-0.25, -0.2) is 4.79 Å². The van der Waals surface area contributed by atoms with Gasteiger partial charge in [-0.1, -0.05) is 0 Å². The molecule has 0 bridgehead atoms. The zero-order chi connectivity index (χ0) is 9.10. The molecule has 0 radical (unpaired) electrons. The van der Waals surface area contributed by atoms with Crippen LogP contribution in [0.4, 0.5) is 0 Å². The van der Waals surface area contributed by atoms with Gasteiger partial charge < -0.3 is 15.3 Å². The van der Waals surface area contributed by atoms with Crippen molar-refractivity contribution in [2.24, 2.45) is 0 Å². The fraction of sp³-hybridized carbons (Fsp3) is 0.625. The number of aromatic amines is 2. The molecule has 0 spiro atoms. The van der Waals surface area contributed by atoms with E-state index < -0.39 is 0 Å². The summed E-state index contributed by atoms with van der Waals surface area (Å²) < 4.78 is 0. The molecule has 0 aliphatic carbocycles. The van der Waals surface area contributed by atoms with Gasteiger partial charge in [0.15, 0.2) is 0 Å². The Morgan fingerprint density at radius 1 is 1.69 bits per heavy atom. The number of H-pyrrole nitrogens is 2. The van der Waals surface area contributed by atoms with Crippen LogP contribution in [0.2, 0.25) is 0 Å². The lowest BCUT2D eigenvalue weighted by molar-refractivity contribution is 0.553. The molecule has 1 fully saturated rings. The van der Waals surface area contributed by atoms with Crippen molar-refractivity contribution in [2.45, 2.75) is 19.0 Å². The molecule has 1 atom stereocenters. The Balaban J connectivity index is 1.82. The normalized spacial score (nSPS) is 22.3. The van der Waals surface area contributed by atoms with E-state index in [1.54, 1.807) is 6.20 Å². The van der Waals surface area contributed by atoms with Crippen molar-refractivity contribution in [3.63, 3.8) is 0 Å². The van der Waals surface area contributed by atoms with Gasteiger partial charge in [0, 0.05) is 30.2 Å². The van der Waals surface area contributed by atoms with Crippen LogP contribution >= 0.6 is 11.8 Å². The van der Waals surface area contributed by atoms with Gasteiger partial charge in [-0.2, -0.15) is 11.8 Å². The van der Waals surface area contributed by atoms with E-state index in [1.165, 1.54) is 17.9 Å². The van der Waals surface area contributed by atoms with E-state index in [0.29, 0.717) is 6.04 Å². The van der Waals surface area contributed by atoms with Crippen LogP contribution in [0.1, 0.15) is 12.1 Å². The average Bonchev–Trinajstić information content (AvgIpc) is 2.71. The molecular weight excluding hydrogens is 186 g/mol. The van der Waals surface area contributed by atoms with Crippen LogP contribution in [0, 0.1) is 0 Å². The van der Waals surface area contributed by atoms with E-state index in [9.17, 15) is 4.79 Å². The van der Waals surface area contributed by atoms with Crippen molar-refractivity contribution in [3.8, 4) is 0 Å². The van der Waals surface area contributed by atoms with Crippen molar-refractivity contribution in [1.82, 2.24) is 15.3 Å². The molecule has 5 heteroatoms. The Morgan fingerprint density at radius 3 is 3.23 bits per heavy atom. The Labute approximate surface area is 80.5 Å². The lowest BCUT2D eigenvalue weighted by Gasteiger charge is -2.08. The van der Waals surface area contributed by atoms with Crippen LogP contribution in [0.5, 0.6) is 0 Å². The first-order valence-electron chi connectivity index (χ1n) is 4.42. The molecule has 1 aliphatic rings. The molecule has 0 saturated carbocycles. The van der Waals surface area contributed by atoms with Gasteiger partial charge in [0.1, 0.15) is 0 Å². The number of nitrogens with one attached hydrogen (secondary N) is 3. The molecule has 1 aromatic heterocycles. The lowest BCUT2D eigenvalue weighted by atomic mass is 10.2. The second-order valence-corrected chi connectivity index (χ2v) is 4.36. The summed E-state index contributed by atoms with van der Waals surface area (Å²) in [4.78, 5) is 16.1. The van der Waals surface area contributed by atoms with Gasteiger partial charge in [0.2, 0.25) is 0 Å². The van der Waals surface area contributed by atoms with Gasteiger partial charge in [0.05, 0.1) is 0 Å². The molecule has 1 aromatic rings. The molecule has 0 amide bonds. The van der Waals surface area contributed by atoms with Crippen molar-refractivity contribution in [3.05, 3.63) is 22.4 Å². The third-order valence-corrected chi connectivity index (χ3v) is 3.32. The predicted molar refractivity (Wildman–Crippen MR) is 54.0 cm³/mol. The van der Waals surface area contributed by atoms with Gasteiger partial charge in [0.25, 0.3) is 0 Å². The first kappa shape index (κ1) is 8.90. The fourth-order valence-corrected chi connectivity index (χ4v) is 2.60. The number of hydrogen-bond donors (Lipinski definition) is 3. The van der Waals surface area contributed by atoms with Gasteiger partial charge in [-0.15, -0.1) is 0 Å². The van der Waals surface area contributed by atoms with Crippen LogP contribution in [0.15, 0.2) is 11.0 Å². The van der Waals surface area contributed by atoms with Crippen LogP contribution < -0.4 is 11.0 Å². The zero-order valence-corrected chi connectivity index (χ0v) is 8.12. The minimum atomic E-state index is -0.127. The molecule has 2 heterocycles. The SMILES string of the molecule is O=c1[nH]cc(CNC2CCSC2)[nH]1. The quantitative estimate of drug-likeness (QED) is 0.656. The number of thioether (sulfide) groups is 1. The van der Waals surface area contributed by atoms with Crippen LogP contribution in [0.3, 0.4) is 0 Å². The smallest absolute Gasteiger partial charge is 0.313 e. The molecule has 13 heavy (non-hydrogen) atoms. The van der Waals surface area contributed by atoms with Crippen LogP contribution in [0.25, 0.3) is 0 Å². The predicted octanol–water partition coefficient (Wildman–Crippen LogP) is 0.298. The van der Waals surface area contributed by atoms with Gasteiger partial charge in [-0.05, 0) is 12.2 Å². The molecule has 2 rings (SSSR count). The van der Waals surface area contributed by atoms with E-state index in [0.717, 1.165) is 12.2 Å². The highest BCUT2D eigenvalue weighted by atomic mass is 32.2. The second kappa shape index (κ2) is 4.02. The molecule has 1 aliphatic heterocycles. The summed E-state index contributed by atoms with van der Waals surface area (Å²) in [5.74, 6) is 2.44. The van der Waals surface area contributed by atoms with Gasteiger partial charge in [-0.3, -0.25) is 0 Å². The molecule has 4 nitrogen and oxygen atoms in total. The topological polar surface area (TPSA) is 60.7 Å². The highest BCUT2D eigenvalue weighted by Crippen LogP contribution is 2.16. The van der Waals surface area contributed by atoms with E-state index in [4.69, 9.17) is 0 Å². The summed E-state index contributed by atoms with van der Waals surface area (Å²) in [6.07, 6.45) is 2.96. The molecule has 1 unspecified atom stereocenters. The molecule has 0 aromatic carbocycles. The number of imidazole rings is 1. The standard InChI is InChI=1S/C8H13N3OS/c12-8-10-4-7(11-8)3-9-6-1-2-13-5-6/h4,6,9H,1-3,5H2,(H2,10,11,12). The maximum Gasteiger partial charge on any atom is 0.323 e. The maximum absolute atomic E-state index is 10.7. The Hall–Kier alpha value is -0.680. The maximum atomic E-state index is 10.7. The minimum absolute atomic E-state index is 0.127. The Bertz CT molecular complexity index is 313. The minimum Gasteiger partial charge on any atom is -0.313 e. The number of hydrogen-bond acceptors (Lipinski definition) is 3. The van der Waals surface area contributed by atoms with Crippen molar-refractivity contribution < 1.29 is 0 Å².